The molecule has 0 spiro atoms. The van der Waals surface area contributed by atoms with Gasteiger partial charge in [0, 0.05) is 19.1 Å². The summed E-state index contributed by atoms with van der Waals surface area (Å²) in [4.78, 5) is 7.03. The van der Waals surface area contributed by atoms with Gasteiger partial charge in [0.2, 0.25) is 0 Å². The lowest BCUT2D eigenvalue weighted by molar-refractivity contribution is 0.240. The monoisotopic (exact) mass is 320 g/mol. The van der Waals surface area contributed by atoms with E-state index in [2.05, 4.69) is 48.2 Å². The molecule has 0 amide bonds. The molecule has 0 radical (unpaired) electrons. The van der Waals surface area contributed by atoms with Crippen molar-refractivity contribution < 1.29 is 4.74 Å². The fraction of sp³-hybridized carbons (Fsp3) is 0.611. The van der Waals surface area contributed by atoms with Crippen LogP contribution in [0.3, 0.4) is 0 Å². The van der Waals surface area contributed by atoms with Crippen LogP contribution < -0.4 is 15.4 Å². The Morgan fingerprint density at radius 2 is 1.91 bits per heavy atom. The summed E-state index contributed by atoms with van der Waals surface area (Å²) in [7, 11) is 0. The van der Waals surface area contributed by atoms with Crippen LogP contribution in [-0.4, -0.2) is 56.2 Å². The van der Waals surface area contributed by atoms with E-state index in [0.29, 0.717) is 12.6 Å². The highest BCUT2D eigenvalue weighted by Gasteiger charge is 2.05. The van der Waals surface area contributed by atoms with E-state index in [1.54, 1.807) is 0 Å². The molecule has 1 aromatic rings. The van der Waals surface area contributed by atoms with Crippen LogP contribution in [0.2, 0.25) is 0 Å². The minimum atomic E-state index is 0.560. The van der Waals surface area contributed by atoms with Crippen molar-refractivity contribution >= 4 is 5.96 Å². The number of hydrogen-bond acceptors (Lipinski definition) is 3. The molecule has 23 heavy (non-hydrogen) atoms. The van der Waals surface area contributed by atoms with E-state index in [0.717, 1.165) is 44.4 Å². The molecule has 130 valence electrons. The topological polar surface area (TPSA) is 48.9 Å². The van der Waals surface area contributed by atoms with Crippen LogP contribution in [0.15, 0.2) is 35.3 Å². The Hall–Kier alpha value is -1.75. The number of rotatable bonds is 10. The zero-order valence-electron chi connectivity index (χ0n) is 15.0. The van der Waals surface area contributed by atoms with E-state index in [9.17, 15) is 0 Å². The predicted molar refractivity (Wildman–Crippen MR) is 98.3 cm³/mol. The van der Waals surface area contributed by atoms with Crippen LogP contribution in [0, 0.1) is 0 Å². The van der Waals surface area contributed by atoms with Crippen molar-refractivity contribution in [2.75, 3.05) is 39.3 Å². The average molecular weight is 320 g/mol. The van der Waals surface area contributed by atoms with Gasteiger partial charge in [0.1, 0.15) is 12.4 Å². The highest BCUT2D eigenvalue weighted by atomic mass is 16.5. The third-order valence-corrected chi connectivity index (χ3v) is 3.54. The normalized spacial score (nSPS) is 11.8. The predicted octanol–water partition coefficient (Wildman–Crippen LogP) is 2.35. The fourth-order valence-electron chi connectivity index (χ4n) is 2.27. The standard InChI is InChI=1S/C18H32N4O/c1-5-19-18(20-12-14-22(6-2)16(3)4)21-13-15-23-17-10-8-7-9-11-17/h7-11,16H,5-6,12-15H2,1-4H3,(H2,19,20,21). The van der Waals surface area contributed by atoms with Gasteiger partial charge in [0.15, 0.2) is 5.96 Å². The molecule has 1 rings (SSSR count). The number of nitrogens with one attached hydrogen (secondary N) is 2. The highest BCUT2D eigenvalue weighted by molar-refractivity contribution is 5.79. The molecule has 0 saturated carbocycles. The Morgan fingerprint density at radius 1 is 1.17 bits per heavy atom. The molecule has 0 aliphatic rings. The summed E-state index contributed by atoms with van der Waals surface area (Å²) in [5, 5.41) is 6.57. The van der Waals surface area contributed by atoms with E-state index in [-0.39, 0.29) is 0 Å². The highest BCUT2D eigenvalue weighted by Crippen LogP contribution is 2.07. The molecule has 0 atom stereocenters. The second-order valence-electron chi connectivity index (χ2n) is 5.57. The SMILES string of the molecule is CCNC(=NCCN(CC)C(C)C)NCCOc1ccccc1. The summed E-state index contributed by atoms with van der Waals surface area (Å²) in [6, 6.07) is 10.4. The minimum Gasteiger partial charge on any atom is -0.492 e. The molecule has 0 fully saturated rings. The van der Waals surface area contributed by atoms with Crippen molar-refractivity contribution in [3.8, 4) is 5.75 Å². The van der Waals surface area contributed by atoms with Crippen LogP contribution in [-0.2, 0) is 0 Å². The Bertz CT molecular complexity index is 434. The number of benzene rings is 1. The summed E-state index contributed by atoms with van der Waals surface area (Å²) in [5.74, 6) is 1.75. The van der Waals surface area contributed by atoms with Gasteiger partial charge in [-0.3, -0.25) is 9.89 Å². The fourth-order valence-corrected chi connectivity index (χ4v) is 2.27. The Morgan fingerprint density at radius 3 is 2.52 bits per heavy atom. The maximum Gasteiger partial charge on any atom is 0.191 e. The van der Waals surface area contributed by atoms with Gasteiger partial charge in [0.25, 0.3) is 0 Å². The maximum absolute atomic E-state index is 5.67. The summed E-state index contributed by atoms with van der Waals surface area (Å²) in [5.41, 5.74) is 0. The first-order valence-corrected chi connectivity index (χ1v) is 8.61. The molecule has 0 aliphatic carbocycles. The molecule has 1 aromatic carbocycles. The van der Waals surface area contributed by atoms with Gasteiger partial charge in [-0.15, -0.1) is 0 Å². The van der Waals surface area contributed by atoms with E-state index in [1.807, 2.05) is 30.3 Å². The number of guanidine groups is 1. The van der Waals surface area contributed by atoms with Crippen LogP contribution in [0.5, 0.6) is 5.75 Å². The molecule has 5 heteroatoms. The number of nitrogens with zero attached hydrogens (tertiary/aromatic N) is 2. The summed E-state index contributed by atoms with van der Waals surface area (Å²) in [6.45, 7) is 13.7. The van der Waals surface area contributed by atoms with Crippen LogP contribution in [0.25, 0.3) is 0 Å². The second kappa shape index (κ2) is 11.8. The molecule has 0 saturated heterocycles. The smallest absolute Gasteiger partial charge is 0.191 e. The first-order chi connectivity index (χ1) is 11.2. The van der Waals surface area contributed by atoms with Crippen LogP contribution in [0.1, 0.15) is 27.7 Å². The first kappa shape index (κ1) is 19.3. The molecule has 0 aliphatic heterocycles. The second-order valence-corrected chi connectivity index (χ2v) is 5.57. The number of aliphatic imine (C=N–C) groups is 1. The molecule has 0 unspecified atom stereocenters. The van der Waals surface area contributed by atoms with E-state index < -0.39 is 0 Å². The van der Waals surface area contributed by atoms with E-state index in [4.69, 9.17) is 4.74 Å². The van der Waals surface area contributed by atoms with Crippen LogP contribution >= 0.6 is 0 Å². The van der Waals surface area contributed by atoms with Gasteiger partial charge in [-0.1, -0.05) is 25.1 Å². The lowest BCUT2D eigenvalue weighted by atomic mass is 10.3. The third-order valence-electron chi connectivity index (χ3n) is 3.54. The van der Waals surface area contributed by atoms with Crippen molar-refractivity contribution in [2.45, 2.75) is 33.7 Å². The molecule has 0 heterocycles. The quantitative estimate of drug-likeness (QED) is 0.395. The average Bonchev–Trinajstić information content (AvgIpc) is 2.56. The van der Waals surface area contributed by atoms with Gasteiger partial charge in [-0.05, 0) is 39.4 Å². The first-order valence-electron chi connectivity index (χ1n) is 8.61. The van der Waals surface area contributed by atoms with Crippen molar-refractivity contribution in [1.82, 2.24) is 15.5 Å². The van der Waals surface area contributed by atoms with Crippen molar-refractivity contribution in [1.29, 1.82) is 0 Å². The minimum absolute atomic E-state index is 0.560. The molecule has 2 N–H and O–H groups in total. The van der Waals surface area contributed by atoms with Gasteiger partial charge in [0.05, 0.1) is 13.1 Å². The summed E-state index contributed by atoms with van der Waals surface area (Å²) < 4.78 is 5.67. The maximum atomic E-state index is 5.67. The number of hydrogen-bond donors (Lipinski definition) is 2. The summed E-state index contributed by atoms with van der Waals surface area (Å²) in [6.07, 6.45) is 0. The third kappa shape index (κ3) is 8.45. The van der Waals surface area contributed by atoms with Crippen molar-refractivity contribution in [3.05, 3.63) is 30.3 Å². The zero-order chi connectivity index (χ0) is 16.9. The molecule has 0 aromatic heterocycles. The van der Waals surface area contributed by atoms with Crippen LogP contribution in [0.4, 0.5) is 0 Å². The Kier molecular flexibility index (Phi) is 9.87. The molecule has 5 nitrogen and oxygen atoms in total. The largest absolute Gasteiger partial charge is 0.492 e. The summed E-state index contributed by atoms with van der Waals surface area (Å²) >= 11 is 0. The Labute approximate surface area is 141 Å². The van der Waals surface area contributed by atoms with E-state index >= 15 is 0 Å². The van der Waals surface area contributed by atoms with Gasteiger partial charge in [-0.25, -0.2) is 0 Å². The van der Waals surface area contributed by atoms with Crippen molar-refractivity contribution in [2.24, 2.45) is 4.99 Å². The van der Waals surface area contributed by atoms with Gasteiger partial charge in [-0.2, -0.15) is 0 Å². The lowest BCUT2D eigenvalue weighted by Gasteiger charge is -2.23. The number of likely N-dealkylation sites (N-methyl/N-ethyl adjacent to an activating group) is 1. The Balaban J connectivity index is 2.31. The van der Waals surface area contributed by atoms with E-state index in [1.165, 1.54) is 0 Å². The number of para-hydroxylation sites is 1. The molecule has 0 bridgehead atoms. The lowest BCUT2D eigenvalue weighted by Crippen LogP contribution is -2.40. The molecular weight excluding hydrogens is 288 g/mol. The zero-order valence-corrected chi connectivity index (χ0v) is 15.0. The molecular formula is C18H32N4O. The van der Waals surface area contributed by atoms with Crippen molar-refractivity contribution in [3.63, 3.8) is 0 Å². The number of ether oxygens (including phenoxy) is 1. The van der Waals surface area contributed by atoms with Gasteiger partial charge < -0.3 is 15.4 Å². The van der Waals surface area contributed by atoms with Gasteiger partial charge >= 0.3 is 0 Å².